The molecule has 0 bridgehead atoms. The monoisotopic (exact) mass is 396 g/mol. The summed E-state index contributed by atoms with van der Waals surface area (Å²) in [5, 5.41) is 13.5. The number of thiocarbonyl (C=S) groups is 1. The van der Waals surface area contributed by atoms with E-state index in [1.54, 1.807) is 31.2 Å². The fourth-order valence-corrected chi connectivity index (χ4v) is 2.99. The van der Waals surface area contributed by atoms with Gasteiger partial charge in [-0.2, -0.15) is 0 Å². The average molecular weight is 396 g/mol. The van der Waals surface area contributed by atoms with Gasteiger partial charge in [-0.25, -0.2) is 0 Å². The average Bonchev–Trinajstić information content (AvgIpc) is 2.63. The number of hydrogen-bond donors (Lipinski definition) is 1. The highest BCUT2D eigenvalue weighted by molar-refractivity contribution is 7.80. The first-order valence-corrected chi connectivity index (χ1v) is 8.73. The molecule has 1 aliphatic rings. The van der Waals surface area contributed by atoms with E-state index in [9.17, 15) is 19.7 Å². The smallest absolute Gasteiger partial charge is 0.274 e. The molecule has 2 aromatic carbocycles. The number of nitro benzene ring substituents is 1. The number of nitro groups is 1. The molecule has 1 atom stereocenters. The van der Waals surface area contributed by atoms with Gasteiger partial charge in [0.15, 0.2) is 11.0 Å². The lowest BCUT2D eigenvalue weighted by molar-refractivity contribution is -0.385. The van der Waals surface area contributed by atoms with Gasteiger partial charge in [0.25, 0.3) is 11.6 Å². The van der Waals surface area contributed by atoms with Crippen LogP contribution in [0.25, 0.3) is 0 Å². The lowest BCUT2D eigenvalue weighted by Gasteiger charge is -2.30. The van der Waals surface area contributed by atoms with Crippen molar-refractivity contribution in [1.82, 2.24) is 5.32 Å². The largest absolute Gasteiger partial charge is 0.301 e. The molecule has 1 saturated heterocycles. The fourth-order valence-electron chi connectivity index (χ4n) is 2.70. The SMILES string of the molecule is Cc1ccc(N2C(=O)[C@@H](C=Nc3ccc(C)c([N+](=O)[O-])c3)C(=O)NC2=S)cc1. The van der Waals surface area contributed by atoms with Crippen LogP contribution in [0.5, 0.6) is 0 Å². The van der Waals surface area contributed by atoms with Crippen LogP contribution in [-0.2, 0) is 9.59 Å². The molecule has 8 nitrogen and oxygen atoms in total. The lowest BCUT2D eigenvalue weighted by Crippen LogP contribution is -2.58. The van der Waals surface area contributed by atoms with Gasteiger partial charge in [0, 0.05) is 17.8 Å². The van der Waals surface area contributed by atoms with Crippen LogP contribution >= 0.6 is 12.2 Å². The number of nitrogens with zero attached hydrogens (tertiary/aromatic N) is 3. The summed E-state index contributed by atoms with van der Waals surface area (Å²) in [5.41, 5.74) is 2.23. The van der Waals surface area contributed by atoms with Crippen LogP contribution in [0.1, 0.15) is 11.1 Å². The second kappa shape index (κ2) is 7.65. The molecule has 1 aliphatic heterocycles. The molecule has 0 unspecified atom stereocenters. The quantitative estimate of drug-likeness (QED) is 0.281. The molecule has 1 fully saturated rings. The molecular weight excluding hydrogens is 380 g/mol. The van der Waals surface area contributed by atoms with Crippen LogP contribution in [0.4, 0.5) is 17.1 Å². The molecule has 2 aromatic rings. The Labute approximate surface area is 166 Å². The number of nitrogens with one attached hydrogen (secondary N) is 1. The molecule has 0 spiro atoms. The maximum Gasteiger partial charge on any atom is 0.274 e. The first-order chi connectivity index (χ1) is 13.3. The van der Waals surface area contributed by atoms with Gasteiger partial charge in [0.05, 0.1) is 16.3 Å². The molecule has 142 valence electrons. The summed E-state index contributed by atoms with van der Waals surface area (Å²) >= 11 is 5.14. The number of carbonyl (C=O) groups excluding carboxylic acids is 2. The summed E-state index contributed by atoms with van der Waals surface area (Å²) in [6.07, 6.45) is 1.18. The molecule has 0 radical (unpaired) electrons. The Kier molecular flexibility index (Phi) is 5.27. The number of benzene rings is 2. The minimum atomic E-state index is -1.20. The molecule has 0 aromatic heterocycles. The van der Waals surface area contributed by atoms with Crippen molar-refractivity contribution in [2.75, 3.05) is 4.90 Å². The number of hydrogen-bond acceptors (Lipinski definition) is 6. The minimum absolute atomic E-state index is 0.00511. The van der Waals surface area contributed by atoms with Crippen LogP contribution in [0.3, 0.4) is 0 Å². The third kappa shape index (κ3) is 3.79. The van der Waals surface area contributed by atoms with E-state index in [4.69, 9.17) is 12.2 Å². The van der Waals surface area contributed by atoms with E-state index in [1.165, 1.54) is 17.2 Å². The Hall–Kier alpha value is -3.46. The summed E-state index contributed by atoms with van der Waals surface area (Å²) < 4.78 is 0. The minimum Gasteiger partial charge on any atom is -0.301 e. The lowest BCUT2D eigenvalue weighted by atomic mass is 10.1. The third-order valence-electron chi connectivity index (χ3n) is 4.26. The van der Waals surface area contributed by atoms with Gasteiger partial charge in [-0.3, -0.25) is 29.6 Å². The maximum atomic E-state index is 12.9. The van der Waals surface area contributed by atoms with E-state index in [1.807, 2.05) is 19.1 Å². The summed E-state index contributed by atoms with van der Waals surface area (Å²) in [7, 11) is 0. The number of carbonyl (C=O) groups is 2. The number of aryl methyl sites for hydroxylation is 2. The van der Waals surface area contributed by atoms with Crippen LogP contribution < -0.4 is 10.2 Å². The van der Waals surface area contributed by atoms with Crippen LogP contribution in [0.15, 0.2) is 47.5 Å². The Morgan fingerprint density at radius 1 is 1.18 bits per heavy atom. The van der Waals surface area contributed by atoms with E-state index in [2.05, 4.69) is 10.3 Å². The molecule has 1 heterocycles. The van der Waals surface area contributed by atoms with E-state index in [-0.39, 0.29) is 16.5 Å². The fraction of sp³-hybridized carbons (Fsp3) is 0.158. The van der Waals surface area contributed by atoms with Gasteiger partial charge in [-0.15, -0.1) is 0 Å². The molecule has 2 amide bonds. The van der Waals surface area contributed by atoms with Gasteiger partial charge >= 0.3 is 0 Å². The second-order valence-electron chi connectivity index (χ2n) is 6.29. The van der Waals surface area contributed by atoms with Crippen molar-refractivity contribution < 1.29 is 14.5 Å². The standard InChI is InChI=1S/C19H16N4O4S/c1-11-3-7-14(8-4-11)22-18(25)15(17(24)21-19(22)28)10-20-13-6-5-12(2)16(9-13)23(26)27/h3-10,15H,1-2H3,(H,21,24,28)/t15-/m0/s1. The number of rotatable bonds is 4. The van der Waals surface area contributed by atoms with Gasteiger partial charge in [0.2, 0.25) is 5.91 Å². The van der Waals surface area contributed by atoms with E-state index in [0.29, 0.717) is 11.3 Å². The second-order valence-corrected chi connectivity index (χ2v) is 6.67. The van der Waals surface area contributed by atoms with Gasteiger partial charge < -0.3 is 5.32 Å². The Morgan fingerprint density at radius 2 is 1.86 bits per heavy atom. The van der Waals surface area contributed by atoms with E-state index in [0.717, 1.165) is 5.56 Å². The van der Waals surface area contributed by atoms with E-state index < -0.39 is 22.7 Å². The topological polar surface area (TPSA) is 105 Å². The summed E-state index contributed by atoms with van der Waals surface area (Å²) in [6, 6.07) is 11.5. The van der Waals surface area contributed by atoms with Gasteiger partial charge in [-0.1, -0.05) is 23.8 Å². The molecule has 0 aliphatic carbocycles. The summed E-state index contributed by atoms with van der Waals surface area (Å²) in [4.78, 5) is 41.0. The molecule has 1 N–H and O–H groups in total. The molecule has 0 saturated carbocycles. The zero-order valence-electron chi connectivity index (χ0n) is 15.1. The van der Waals surface area contributed by atoms with Crippen molar-refractivity contribution in [1.29, 1.82) is 0 Å². The van der Waals surface area contributed by atoms with Crippen molar-refractivity contribution >= 4 is 52.4 Å². The molecular formula is C19H16N4O4S. The van der Waals surface area contributed by atoms with E-state index >= 15 is 0 Å². The third-order valence-corrected chi connectivity index (χ3v) is 4.54. The van der Waals surface area contributed by atoms with Crippen molar-refractivity contribution in [2.45, 2.75) is 13.8 Å². The maximum absolute atomic E-state index is 12.9. The van der Waals surface area contributed by atoms with Crippen molar-refractivity contribution in [3.63, 3.8) is 0 Å². The first kappa shape index (κ1) is 19.3. The summed E-state index contributed by atoms with van der Waals surface area (Å²) in [6.45, 7) is 3.53. The van der Waals surface area contributed by atoms with Gasteiger partial charge in [0.1, 0.15) is 0 Å². The predicted octanol–water partition coefficient (Wildman–Crippen LogP) is 2.98. The van der Waals surface area contributed by atoms with Crippen LogP contribution in [0.2, 0.25) is 0 Å². The van der Waals surface area contributed by atoms with Crippen molar-refractivity contribution in [3.8, 4) is 0 Å². The highest BCUT2D eigenvalue weighted by atomic mass is 32.1. The summed E-state index contributed by atoms with van der Waals surface area (Å²) in [5.74, 6) is -2.33. The Morgan fingerprint density at radius 3 is 2.50 bits per heavy atom. The van der Waals surface area contributed by atoms with Crippen LogP contribution in [-0.4, -0.2) is 28.1 Å². The number of amides is 2. The number of aliphatic imine (C=N–C) groups is 1. The Balaban J connectivity index is 1.89. The van der Waals surface area contributed by atoms with Crippen molar-refractivity contribution in [3.05, 3.63) is 63.7 Å². The highest BCUT2D eigenvalue weighted by Crippen LogP contribution is 2.25. The van der Waals surface area contributed by atoms with Crippen molar-refractivity contribution in [2.24, 2.45) is 10.9 Å². The number of anilines is 1. The highest BCUT2D eigenvalue weighted by Gasteiger charge is 2.38. The predicted molar refractivity (Wildman–Crippen MR) is 109 cm³/mol. The Bertz CT molecular complexity index is 1020. The molecule has 3 rings (SSSR count). The normalized spacial score (nSPS) is 17.1. The zero-order chi connectivity index (χ0) is 20.4. The first-order valence-electron chi connectivity index (χ1n) is 8.32. The van der Waals surface area contributed by atoms with Gasteiger partial charge in [-0.05, 0) is 44.3 Å². The van der Waals surface area contributed by atoms with Crippen LogP contribution in [0, 0.1) is 29.9 Å². The molecule has 9 heteroatoms. The zero-order valence-corrected chi connectivity index (χ0v) is 15.9. The molecule has 28 heavy (non-hydrogen) atoms.